The van der Waals surface area contributed by atoms with Gasteiger partial charge in [0.2, 0.25) is 0 Å². The van der Waals surface area contributed by atoms with Crippen LogP contribution in [0.5, 0.6) is 0 Å². The first-order valence-electron chi connectivity index (χ1n) is 23.0. The Kier molecular flexibility index (Phi) is 14.6. The summed E-state index contributed by atoms with van der Waals surface area (Å²) in [6.07, 6.45) is 0.173. The lowest BCUT2D eigenvalue weighted by atomic mass is 9.45. The van der Waals surface area contributed by atoms with Crippen LogP contribution in [0.1, 0.15) is 113 Å². The van der Waals surface area contributed by atoms with E-state index >= 15 is 0 Å². The van der Waals surface area contributed by atoms with Gasteiger partial charge in [0.1, 0.15) is 42.4 Å². The molecule has 0 aromatic rings. The number of aliphatic hydroxyl groups excluding tert-OH is 2. The standard InChI is InChI=1S/C47H74O15/c1-12-23(2)43(51)60-35-20-32-31(47(52)18-16-30(24(3)48)46(35,47)8)14-13-28-19-29(15-17-45(28,32)7)59-36-21-33(53-9)40(26(5)56-36)61-37-22-34(54-10)41(27(6)57-37)62-44-39(50)42(55-11)38(49)25(4)58-44/h12-13,25-27,29-42,44,49-50,52H,14-22H2,1-11H3/b23-12+/t25?,26?,27?,29?,30?,31?,32?,33-,34-,35?,36+,37+,38+,39?,40+,41+,42+,44+,45?,46?,47?/m1/s1. The molecule has 3 aliphatic heterocycles. The third kappa shape index (κ3) is 8.42. The molecule has 0 radical (unpaired) electrons. The van der Waals surface area contributed by atoms with Crippen molar-refractivity contribution in [2.75, 3.05) is 21.3 Å². The molecular formula is C47H74O15. The highest BCUT2D eigenvalue weighted by Gasteiger charge is 2.71. The van der Waals surface area contributed by atoms with E-state index < -0.39 is 96.9 Å². The van der Waals surface area contributed by atoms with Gasteiger partial charge in [-0.15, -0.1) is 0 Å². The Morgan fingerprint density at radius 1 is 0.774 bits per heavy atom. The summed E-state index contributed by atoms with van der Waals surface area (Å²) in [6.45, 7) is 15.0. The number of hydrogen-bond donors (Lipinski definition) is 3. The Morgan fingerprint density at radius 2 is 1.40 bits per heavy atom. The minimum atomic E-state index is -1.22. The third-order valence-corrected chi connectivity index (χ3v) is 16.6. The van der Waals surface area contributed by atoms with Crippen molar-refractivity contribution >= 4 is 11.8 Å². The summed E-state index contributed by atoms with van der Waals surface area (Å²) in [5.41, 5.74) is -0.439. The van der Waals surface area contributed by atoms with E-state index in [1.807, 2.05) is 27.7 Å². The van der Waals surface area contributed by atoms with Crippen LogP contribution >= 0.6 is 0 Å². The van der Waals surface area contributed by atoms with Crippen LogP contribution in [-0.2, 0) is 57.0 Å². The van der Waals surface area contributed by atoms with Gasteiger partial charge in [0.25, 0.3) is 0 Å². The highest BCUT2D eigenvalue weighted by atomic mass is 16.8. The molecule has 0 aromatic carbocycles. The Bertz CT molecular complexity index is 1670. The van der Waals surface area contributed by atoms with Gasteiger partial charge in [-0.3, -0.25) is 4.79 Å². The molecule has 12 unspecified atom stereocenters. The molecule has 15 heteroatoms. The summed E-state index contributed by atoms with van der Waals surface area (Å²) >= 11 is 0. The van der Waals surface area contributed by atoms with Gasteiger partial charge in [0.05, 0.1) is 42.2 Å². The van der Waals surface area contributed by atoms with Crippen molar-refractivity contribution < 1.29 is 72.3 Å². The minimum absolute atomic E-state index is 0.0391. The minimum Gasteiger partial charge on any atom is -0.458 e. The Hall–Kier alpha value is -1.86. The molecule has 62 heavy (non-hydrogen) atoms. The predicted molar refractivity (Wildman–Crippen MR) is 223 cm³/mol. The number of Topliss-reactive ketones (excluding diaryl/α,β-unsaturated/α-hetero) is 1. The number of ketones is 1. The molecule has 6 fully saturated rings. The van der Waals surface area contributed by atoms with Gasteiger partial charge in [-0.2, -0.15) is 0 Å². The fourth-order valence-corrected chi connectivity index (χ4v) is 12.8. The van der Waals surface area contributed by atoms with Gasteiger partial charge in [-0.1, -0.05) is 31.6 Å². The Morgan fingerprint density at radius 3 is 2.00 bits per heavy atom. The van der Waals surface area contributed by atoms with Crippen LogP contribution in [0.3, 0.4) is 0 Å². The van der Waals surface area contributed by atoms with Crippen molar-refractivity contribution in [3.8, 4) is 0 Å². The number of ether oxygens (including phenoxy) is 10. The summed E-state index contributed by atoms with van der Waals surface area (Å²) in [6, 6.07) is 0. The van der Waals surface area contributed by atoms with Crippen LogP contribution < -0.4 is 0 Å². The zero-order valence-electron chi connectivity index (χ0n) is 38.7. The number of esters is 1. The number of carbonyl (C=O) groups is 2. The quantitative estimate of drug-likeness (QED) is 0.139. The Balaban J connectivity index is 0.980. The second-order valence-electron chi connectivity index (χ2n) is 19.8. The van der Waals surface area contributed by atoms with Crippen LogP contribution in [0.2, 0.25) is 0 Å². The van der Waals surface area contributed by atoms with E-state index in [1.54, 1.807) is 41.1 Å². The Labute approximate surface area is 367 Å². The van der Waals surface area contributed by atoms with E-state index in [1.165, 1.54) is 12.7 Å². The highest BCUT2D eigenvalue weighted by molar-refractivity contribution is 5.88. The maximum absolute atomic E-state index is 13.3. The number of carbonyl (C=O) groups excluding carboxylic acids is 2. The van der Waals surface area contributed by atoms with Crippen molar-refractivity contribution in [3.63, 3.8) is 0 Å². The molecule has 21 atom stereocenters. The van der Waals surface area contributed by atoms with Crippen molar-refractivity contribution in [2.45, 2.75) is 211 Å². The van der Waals surface area contributed by atoms with Gasteiger partial charge in [-0.05, 0) is 104 Å². The second-order valence-corrected chi connectivity index (χ2v) is 19.8. The summed E-state index contributed by atoms with van der Waals surface area (Å²) in [5, 5.41) is 34.1. The van der Waals surface area contributed by atoms with E-state index in [4.69, 9.17) is 47.4 Å². The summed E-state index contributed by atoms with van der Waals surface area (Å²) in [4.78, 5) is 26.4. The van der Waals surface area contributed by atoms with Crippen LogP contribution in [0.25, 0.3) is 0 Å². The first-order valence-corrected chi connectivity index (χ1v) is 23.0. The molecule has 15 nitrogen and oxygen atoms in total. The van der Waals surface area contributed by atoms with Gasteiger partial charge < -0.3 is 62.7 Å². The zero-order chi connectivity index (χ0) is 45.1. The lowest BCUT2D eigenvalue weighted by Gasteiger charge is -2.63. The summed E-state index contributed by atoms with van der Waals surface area (Å²) < 4.78 is 61.8. The van der Waals surface area contributed by atoms with Gasteiger partial charge in [0, 0.05) is 51.1 Å². The maximum atomic E-state index is 13.3. The first-order chi connectivity index (χ1) is 29.3. The SMILES string of the molecule is C/C=C(\C)C(=O)OC1CC2C(CC=C3CC(O[C@H]4C[C@@H](OC)[C@@H](O[C@H]5C[C@@H](OC)[C@@H](O[C@@H]6OC(C)[C@H](O)[C@H](OC)C6O)C(C)O5)C(C)O4)CCC32C)C2(O)CCC(C(C)=O)C12C. The van der Waals surface area contributed by atoms with Crippen molar-refractivity contribution in [1.82, 2.24) is 0 Å². The average molecular weight is 879 g/mol. The molecule has 3 saturated heterocycles. The fraction of sp³-hybridized carbons (Fsp3) is 0.872. The number of rotatable bonds is 12. The second kappa shape index (κ2) is 18.8. The molecule has 0 bridgehead atoms. The maximum Gasteiger partial charge on any atom is 0.333 e. The van der Waals surface area contributed by atoms with Crippen LogP contribution in [-0.4, -0.2) is 146 Å². The van der Waals surface area contributed by atoms with E-state index in [2.05, 4.69) is 13.0 Å². The molecule has 0 aromatic heterocycles. The number of hydrogen-bond acceptors (Lipinski definition) is 15. The lowest BCUT2D eigenvalue weighted by molar-refractivity contribution is -0.352. The molecule has 3 N–H and O–H groups in total. The topological polar surface area (TPSA) is 187 Å². The molecule has 3 heterocycles. The van der Waals surface area contributed by atoms with E-state index in [0.29, 0.717) is 44.1 Å². The number of aliphatic hydroxyl groups is 3. The third-order valence-electron chi connectivity index (χ3n) is 16.6. The van der Waals surface area contributed by atoms with Gasteiger partial charge in [-0.25, -0.2) is 4.79 Å². The molecule has 3 saturated carbocycles. The molecule has 0 amide bonds. The smallest absolute Gasteiger partial charge is 0.333 e. The number of fused-ring (bicyclic) bond motifs is 5. The molecule has 0 spiro atoms. The van der Waals surface area contributed by atoms with Crippen LogP contribution in [0.15, 0.2) is 23.3 Å². The number of allylic oxidation sites excluding steroid dienone is 2. The van der Waals surface area contributed by atoms with Crippen LogP contribution in [0, 0.1) is 28.6 Å². The molecule has 7 rings (SSSR count). The number of methoxy groups -OCH3 is 3. The molecule has 4 aliphatic carbocycles. The van der Waals surface area contributed by atoms with E-state index in [-0.39, 0.29) is 41.2 Å². The normalized spacial score (nSPS) is 49.6. The van der Waals surface area contributed by atoms with Gasteiger partial charge in [0.15, 0.2) is 18.9 Å². The zero-order valence-corrected chi connectivity index (χ0v) is 38.7. The first kappa shape index (κ1) is 48.1. The summed E-state index contributed by atoms with van der Waals surface area (Å²) in [7, 11) is 4.68. The van der Waals surface area contributed by atoms with E-state index in [0.717, 1.165) is 19.3 Å². The van der Waals surface area contributed by atoms with Crippen molar-refractivity contribution in [3.05, 3.63) is 23.3 Å². The van der Waals surface area contributed by atoms with E-state index in [9.17, 15) is 24.9 Å². The van der Waals surface area contributed by atoms with Gasteiger partial charge >= 0.3 is 5.97 Å². The monoisotopic (exact) mass is 879 g/mol. The molecule has 7 aliphatic rings. The lowest BCUT2D eigenvalue weighted by Crippen LogP contribution is -2.66. The van der Waals surface area contributed by atoms with Crippen molar-refractivity contribution in [1.29, 1.82) is 0 Å². The molecule has 352 valence electrons. The summed E-state index contributed by atoms with van der Waals surface area (Å²) in [5.74, 6) is -0.727. The highest BCUT2D eigenvalue weighted by Crippen LogP contribution is 2.68. The fourth-order valence-electron chi connectivity index (χ4n) is 12.8. The predicted octanol–water partition coefficient (Wildman–Crippen LogP) is 4.69. The molecular weight excluding hydrogens is 805 g/mol. The largest absolute Gasteiger partial charge is 0.458 e. The average Bonchev–Trinajstić information content (AvgIpc) is 3.53. The van der Waals surface area contributed by atoms with Crippen molar-refractivity contribution in [2.24, 2.45) is 28.6 Å². The van der Waals surface area contributed by atoms with Crippen LogP contribution in [0.4, 0.5) is 0 Å².